The number of benzene rings is 3. The van der Waals surface area contributed by atoms with E-state index < -0.39 is 23.5 Å². The van der Waals surface area contributed by atoms with Gasteiger partial charge < -0.3 is 21.5 Å². The second-order valence-electron chi connectivity index (χ2n) is 7.22. The first kappa shape index (κ1) is 22.6. The largest absolute Gasteiger partial charge is 0.478 e. The molecule has 0 radical (unpaired) electrons. The normalized spacial score (nSPS) is 17.8. The Kier molecular flexibility index (Phi) is 5.90. The number of hydrogen-bond acceptors (Lipinski definition) is 4. The summed E-state index contributed by atoms with van der Waals surface area (Å²) >= 11 is 25.6. The van der Waals surface area contributed by atoms with Crippen LogP contribution in [0.25, 0.3) is 0 Å². The van der Waals surface area contributed by atoms with E-state index in [1.54, 1.807) is 36.4 Å². The minimum absolute atomic E-state index is 0.0549. The third-order valence-corrected chi connectivity index (χ3v) is 6.47. The molecule has 1 heterocycles. The van der Waals surface area contributed by atoms with Crippen LogP contribution in [0.15, 0.2) is 54.6 Å². The van der Waals surface area contributed by atoms with E-state index in [4.69, 9.17) is 52.1 Å². The van der Waals surface area contributed by atoms with Gasteiger partial charge in [-0.3, -0.25) is 4.79 Å². The van der Waals surface area contributed by atoms with Crippen LogP contribution >= 0.6 is 46.4 Å². The number of fused-ring (bicyclic) bond motifs is 1. The molecule has 3 aromatic carbocycles. The topological polar surface area (TPSA) is 104 Å². The summed E-state index contributed by atoms with van der Waals surface area (Å²) in [4.78, 5) is 24.4. The summed E-state index contributed by atoms with van der Waals surface area (Å²) < 4.78 is 0. The van der Waals surface area contributed by atoms with Crippen molar-refractivity contribution in [2.75, 3.05) is 10.6 Å². The van der Waals surface area contributed by atoms with E-state index in [1.807, 2.05) is 0 Å². The highest BCUT2D eigenvalue weighted by Gasteiger charge is 2.51. The number of primary amides is 1. The molecule has 0 saturated carbocycles. The Labute approximate surface area is 203 Å². The van der Waals surface area contributed by atoms with Crippen LogP contribution in [0, 0.1) is 0 Å². The molecule has 164 valence electrons. The Hall–Kier alpha value is -2.64. The van der Waals surface area contributed by atoms with E-state index in [0.717, 1.165) is 0 Å². The fourth-order valence-electron chi connectivity index (χ4n) is 3.97. The van der Waals surface area contributed by atoms with Crippen molar-refractivity contribution >= 4 is 69.7 Å². The molecule has 1 aliphatic rings. The lowest BCUT2D eigenvalue weighted by Gasteiger charge is -2.39. The van der Waals surface area contributed by atoms with E-state index in [0.29, 0.717) is 27.5 Å². The number of carboxylic acids is 1. The minimum atomic E-state index is -1.47. The number of carboxylic acid groups (broad SMARTS) is 1. The molecule has 0 saturated heterocycles. The third-order valence-electron chi connectivity index (χ3n) is 5.28. The first-order chi connectivity index (χ1) is 15.1. The average Bonchev–Trinajstić information content (AvgIpc) is 3.08. The van der Waals surface area contributed by atoms with Crippen molar-refractivity contribution in [1.82, 2.24) is 0 Å². The number of carbonyl (C=O) groups excluding carboxylic acids is 1. The third kappa shape index (κ3) is 3.73. The Balaban J connectivity index is 2.00. The van der Waals surface area contributed by atoms with E-state index in [1.165, 1.54) is 18.2 Å². The van der Waals surface area contributed by atoms with Gasteiger partial charge in [0.05, 0.1) is 16.9 Å². The lowest BCUT2D eigenvalue weighted by molar-refractivity contribution is -0.120. The maximum absolute atomic E-state index is 12.9. The van der Waals surface area contributed by atoms with Crippen LogP contribution in [-0.4, -0.2) is 17.0 Å². The minimum Gasteiger partial charge on any atom is -0.478 e. The number of nitrogens with two attached hydrogens (primary N) is 1. The van der Waals surface area contributed by atoms with Crippen LogP contribution < -0.4 is 16.4 Å². The highest BCUT2D eigenvalue weighted by Crippen LogP contribution is 2.52. The van der Waals surface area contributed by atoms with Gasteiger partial charge in [-0.25, -0.2) is 4.79 Å². The fourth-order valence-corrected chi connectivity index (χ4v) is 5.18. The van der Waals surface area contributed by atoms with Crippen LogP contribution in [0.3, 0.4) is 0 Å². The Bertz CT molecular complexity index is 1250. The molecule has 2 atom stereocenters. The fraction of sp³-hybridized carbons (Fsp3) is 0.0909. The molecule has 32 heavy (non-hydrogen) atoms. The monoisotopic (exact) mass is 509 g/mol. The standard InChI is InChI=1S/C22H15Cl4N3O3/c23-11-5-6-12(15(26)9-11)18(20(27)30)22(19-13(24)2-1-3-14(19)25)28-16-7-4-10(21(31)32)8-17(16)29-22/h1-9,18,28-29H,(H2,27,30)(H,31,32). The van der Waals surface area contributed by atoms with Crippen molar-refractivity contribution < 1.29 is 14.7 Å². The number of amides is 1. The summed E-state index contributed by atoms with van der Waals surface area (Å²) in [5.74, 6) is -2.95. The van der Waals surface area contributed by atoms with Crippen LogP contribution in [0.4, 0.5) is 11.4 Å². The molecule has 0 aliphatic carbocycles. The number of anilines is 2. The molecule has 0 fully saturated rings. The molecule has 0 aromatic heterocycles. The van der Waals surface area contributed by atoms with Gasteiger partial charge in [-0.05, 0) is 48.0 Å². The summed E-state index contributed by atoms with van der Waals surface area (Å²) in [5.41, 5.74) is 6.17. The average molecular weight is 511 g/mol. The van der Waals surface area contributed by atoms with Gasteiger partial charge in [-0.15, -0.1) is 0 Å². The molecule has 10 heteroatoms. The van der Waals surface area contributed by atoms with E-state index >= 15 is 0 Å². The predicted octanol–water partition coefficient (Wildman–Crippen LogP) is 5.96. The van der Waals surface area contributed by atoms with Crippen LogP contribution in [0.5, 0.6) is 0 Å². The molecule has 4 rings (SSSR count). The quantitative estimate of drug-likeness (QED) is 0.339. The second-order valence-corrected chi connectivity index (χ2v) is 8.88. The number of halogens is 4. The van der Waals surface area contributed by atoms with Crippen molar-refractivity contribution in [3.63, 3.8) is 0 Å². The van der Waals surface area contributed by atoms with Gasteiger partial charge in [0, 0.05) is 25.7 Å². The summed E-state index contributed by atoms with van der Waals surface area (Å²) in [7, 11) is 0. The molecule has 1 amide bonds. The second kappa shape index (κ2) is 8.37. The van der Waals surface area contributed by atoms with Crippen molar-refractivity contribution in [3.8, 4) is 0 Å². The molecular formula is C22H15Cl4N3O3. The molecule has 0 spiro atoms. The lowest BCUT2D eigenvalue weighted by atomic mass is 9.80. The summed E-state index contributed by atoms with van der Waals surface area (Å²) in [6.07, 6.45) is 0. The van der Waals surface area contributed by atoms with Gasteiger partial charge in [0.15, 0.2) is 5.66 Å². The SMILES string of the molecule is NC(=O)C(c1ccc(Cl)cc1Cl)C1(c2c(Cl)cccc2Cl)Nc2ccc(C(=O)O)cc2N1. The number of nitrogens with one attached hydrogen (secondary N) is 2. The van der Waals surface area contributed by atoms with Gasteiger partial charge in [0.25, 0.3) is 0 Å². The zero-order chi connectivity index (χ0) is 23.2. The molecular weight excluding hydrogens is 496 g/mol. The number of carbonyl (C=O) groups is 2. The van der Waals surface area contributed by atoms with Gasteiger partial charge in [0.2, 0.25) is 5.91 Å². The number of aromatic carboxylic acids is 1. The first-order valence-electron chi connectivity index (χ1n) is 9.26. The first-order valence-corrected chi connectivity index (χ1v) is 10.8. The Morgan fingerprint density at radius 3 is 2.12 bits per heavy atom. The Morgan fingerprint density at radius 2 is 1.53 bits per heavy atom. The molecule has 2 unspecified atom stereocenters. The van der Waals surface area contributed by atoms with Crippen molar-refractivity contribution in [1.29, 1.82) is 0 Å². The molecule has 6 nitrogen and oxygen atoms in total. The zero-order valence-electron chi connectivity index (χ0n) is 16.1. The maximum atomic E-state index is 12.9. The van der Waals surface area contributed by atoms with Gasteiger partial charge in [0.1, 0.15) is 5.92 Å². The van der Waals surface area contributed by atoms with Gasteiger partial charge in [-0.1, -0.05) is 58.5 Å². The molecule has 0 bridgehead atoms. The van der Waals surface area contributed by atoms with Gasteiger partial charge in [-0.2, -0.15) is 0 Å². The van der Waals surface area contributed by atoms with Crippen molar-refractivity contribution in [3.05, 3.63) is 91.4 Å². The predicted molar refractivity (Wildman–Crippen MR) is 127 cm³/mol. The van der Waals surface area contributed by atoms with E-state index in [9.17, 15) is 14.7 Å². The van der Waals surface area contributed by atoms with Crippen molar-refractivity contribution in [2.24, 2.45) is 5.73 Å². The lowest BCUT2D eigenvalue weighted by Crippen LogP contribution is -2.50. The molecule has 5 N–H and O–H groups in total. The van der Waals surface area contributed by atoms with Crippen LogP contribution in [-0.2, 0) is 10.5 Å². The zero-order valence-corrected chi connectivity index (χ0v) is 19.2. The number of hydrogen-bond donors (Lipinski definition) is 4. The summed E-state index contributed by atoms with van der Waals surface area (Å²) in [5, 5.41) is 17.0. The van der Waals surface area contributed by atoms with E-state index in [2.05, 4.69) is 10.6 Å². The van der Waals surface area contributed by atoms with E-state index in [-0.39, 0.29) is 20.6 Å². The molecule has 3 aromatic rings. The van der Waals surface area contributed by atoms with Crippen LogP contribution in [0.2, 0.25) is 20.1 Å². The van der Waals surface area contributed by atoms with Crippen LogP contribution in [0.1, 0.15) is 27.4 Å². The summed E-state index contributed by atoms with van der Waals surface area (Å²) in [6.45, 7) is 0. The highest BCUT2D eigenvalue weighted by molar-refractivity contribution is 6.37. The van der Waals surface area contributed by atoms with Crippen molar-refractivity contribution in [2.45, 2.75) is 11.6 Å². The highest BCUT2D eigenvalue weighted by atomic mass is 35.5. The summed E-state index contributed by atoms with van der Waals surface area (Å²) in [6, 6.07) is 14.1. The molecule has 1 aliphatic heterocycles. The Morgan fingerprint density at radius 1 is 0.875 bits per heavy atom. The number of rotatable bonds is 5. The maximum Gasteiger partial charge on any atom is 0.335 e. The van der Waals surface area contributed by atoms with Gasteiger partial charge >= 0.3 is 5.97 Å². The smallest absolute Gasteiger partial charge is 0.335 e.